The highest BCUT2D eigenvalue weighted by Crippen LogP contribution is 2.29. The number of hydrazone groups is 1. The Labute approximate surface area is 183 Å². The van der Waals surface area contributed by atoms with Crippen LogP contribution in [0.15, 0.2) is 41.5 Å². The molecule has 2 amide bonds. The lowest BCUT2D eigenvalue weighted by Gasteiger charge is -2.28. The van der Waals surface area contributed by atoms with Gasteiger partial charge in [-0.2, -0.15) is 5.01 Å². The van der Waals surface area contributed by atoms with E-state index in [0.29, 0.717) is 26.3 Å². The predicted molar refractivity (Wildman–Crippen MR) is 115 cm³/mol. The Morgan fingerprint density at radius 1 is 1.10 bits per heavy atom. The molecule has 1 aliphatic heterocycles. The average Bonchev–Trinajstić information content (AvgIpc) is 3.04. The first-order chi connectivity index (χ1) is 13.7. The third kappa shape index (κ3) is 4.66. The zero-order chi connectivity index (χ0) is 21.3. The lowest BCUT2D eigenvalue weighted by Crippen LogP contribution is -2.44. The zero-order valence-electron chi connectivity index (χ0n) is 15.9. The van der Waals surface area contributed by atoms with Crippen LogP contribution >= 0.6 is 34.8 Å². The van der Waals surface area contributed by atoms with Crippen LogP contribution in [0.4, 0.5) is 5.69 Å². The van der Waals surface area contributed by atoms with E-state index < -0.39 is 6.23 Å². The highest BCUT2D eigenvalue weighted by molar-refractivity contribution is 6.36. The van der Waals surface area contributed by atoms with Gasteiger partial charge in [0.05, 0.1) is 17.1 Å². The molecule has 2 aromatic carbocycles. The highest BCUT2D eigenvalue weighted by Gasteiger charge is 2.35. The zero-order valence-corrected chi connectivity index (χ0v) is 18.2. The van der Waals surface area contributed by atoms with Gasteiger partial charge in [0.15, 0.2) is 0 Å². The number of carbonyl (C=O) groups is 2. The molecule has 6 nitrogen and oxygen atoms in total. The first-order valence-electron chi connectivity index (χ1n) is 8.72. The smallest absolute Gasteiger partial charge is 0.243 e. The van der Waals surface area contributed by atoms with Gasteiger partial charge in [-0.1, -0.05) is 34.8 Å². The van der Waals surface area contributed by atoms with Crippen molar-refractivity contribution in [2.45, 2.75) is 27.0 Å². The summed E-state index contributed by atoms with van der Waals surface area (Å²) < 4.78 is 5.92. The van der Waals surface area contributed by atoms with Crippen LogP contribution in [0.5, 0.6) is 0 Å². The second-order valence-electron chi connectivity index (χ2n) is 6.53. The molecule has 9 heteroatoms. The molecular formula is C20H18Cl3N3O3. The maximum Gasteiger partial charge on any atom is 0.243 e. The molecule has 2 aromatic rings. The van der Waals surface area contributed by atoms with Gasteiger partial charge < -0.3 is 9.64 Å². The summed E-state index contributed by atoms with van der Waals surface area (Å²) in [5.74, 6) is -0.352. The lowest BCUT2D eigenvalue weighted by molar-refractivity contribution is -0.135. The largest absolute Gasteiger partial charge is 0.448 e. The Morgan fingerprint density at radius 3 is 2.34 bits per heavy atom. The quantitative estimate of drug-likeness (QED) is 0.662. The summed E-state index contributed by atoms with van der Waals surface area (Å²) in [6, 6.07) is 10.1. The summed E-state index contributed by atoms with van der Waals surface area (Å²) in [5, 5.41) is 6.84. The first-order valence-corrected chi connectivity index (χ1v) is 9.85. The third-order valence-electron chi connectivity index (χ3n) is 4.37. The van der Waals surface area contributed by atoms with E-state index in [4.69, 9.17) is 39.5 Å². The fourth-order valence-electron chi connectivity index (χ4n) is 3.01. The molecular weight excluding hydrogens is 437 g/mol. The van der Waals surface area contributed by atoms with E-state index in [-0.39, 0.29) is 24.3 Å². The minimum Gasteiger partial charge on any atom is -0.448 e. The lowest BCUT2D eigenvalue weighted by atomic mass is 10.1. The van der Waals surface area contributed by atoms with Gasteiger partial charge in [0.1, 0.15) is 0 Å². The van der Waals surface area contributed by atoms with Crippen molar-refractivity contribution in [2.24, 2.45) is 5.10 Å². The van der Waals surface area contributed by atoms with Crippen molar-refractivity contribution in [3.63, 3.8) is 0 Å². The number of carbonyl (C=O) groups excluding carboxylic acids is 2. The molecule has 1 aliphatic rings. The summed E-state index contributed by atoms with van der Waals surface area (Å²) in [6.07, 6.45) is -0.812. The van der Waals surface area contributed by atoms with Crippen molar-refractivity contribution in [3.8, 4) is 0 Å². The fraction of sp³-hybridized carbons (Fsp3) is 0.250. The van der Waals surface area contributed by atoms with Crippen molar-refractivity contribution >= 4 is 58.2 Å². The molecule has 0 unspecified atom stereocenters. The average molecular weight is 455 g/mol. The molecule has 3 rings (SSSR count). The Morgan fingerprint density at radius 2 is 1.76 bits per heavy atom. The second-order valence-corrected chi connectivity index (χ2v) is 7.81. The summed E-state index contributed by atoms with van der Waals surface area (Å²) in [4.78, 5) is 26.0. The van der Waals surface area contributed by atoms with Crippen LogP contribution in [-0.4, -0.2) is 35.5 Å². The van der Waals surface area contributed by atoms with Gasteiger partial charge in [-0.15, -0.1) is 5.10 Å². The van der Waals surface area contributed by atoms with Gasteiger partial charge in [0.2, 0.25) is 23.9 Å². The molecule has 0 aromatic heterocycles. The van der Waals surface area contributed by atoms with Gasteiger partial charge in [-0.05, 0) is 48.9 Å². The maximum atomic E-state index is 12.3. The van der Waals surface area contributed by atoms with E-state index in [1.165, 1.54) is 23.8 Å². The molecule has 0 N–H and O–H groups in total. The van der Waals surface area contributed by atoms with E-state index in [1.54, 1.807) is 36.4 Å². The summed E-state index contributed by atoms with van der Waals surface area (Å²) >= 11 is 18.2. The Bertz CT molecular complexity index is 1010. The SMILES string of the molecule is CC(=O)N(C[C@@H]1OC(c2ccc(Cl)cc2Cl)=NN1C(C)=O)c1ccc(Cl)cc1C. The van der Waals surface area contributed by atoms with Gasteiger partial charge in [0, 0.05) is 29.6 Å². The number of ether oxygens (including phenoxy) is 1. The van der Waals surface area contributed by atoms with Crippen LogP contribution in [0.2, 0.25) is 15.1 Å². The Hall–Kier alpha value is -2.28. The summed E-state index contributed by atoms with van der Waals surface area (Å²) in [7, 11) is 0. The van der Waals surface area contributed by atoms with Gasteiger partial charge in [0.25, 0.3) is 0 Å². The molecule has 1 atom stereocenters. The number of hydrogen-bond donors (Lipinski definition) is 0. The third-order valence-corrected chi connectivity index (χ3v) is 5.15. The normalized spacial score (nSPS) is 15.7. The molecule has 0 spiro atoms. The van der Waals surface area contributed by atoms with E-state index in [1.807, 2.05) is 6.92 Å². The number of benzene rings is 2. The number of amides is 2. The first kappa shape index (κ1) is 21.4. The standard InChI is InChI=1S/C20H18Cl3N3O3/c1-11-8-14(21)5-7-18(11)25(12(2)27)10-19-26(13(3)28)24-20(29-19)16-6-4-15(22)9-17(16)23/h4-9,19H,10H2,1-3H3/t19-/m0/s1. The van der Waals surface area contributed by atoms with E-state index in [9.17, 15) is 9.59 Å². The molecule has 152 valence electrons. The van der Waals surface area contributed by atoms with Crippen LogP contribution in [0.1, 0.15) is 25.0 Å². The minimum atomic E-state index is -0.812. The molecule has 1 heterocycles. The molecule has 0 fully saturated rings. The molecule has 29 heavy (non-hydrogen) atoms. The minimum absolute atomic E-state index is 0.0790. The highest BCUT2D eigenvalue weighted by atomic mass is 35.5. The van der Waals surface area contributed by atoms with Crippen molar-refractivity contribution < 1.29 is 14.3 Å². The van der Waals surface area contributed by atoms with Crippen molar-refractivity contribution in [1.82, 2.24) is 5.01 Å². The Balaban J connectivity index is 1.91. The van der Waals surface area contributed by atoms with Crippen molar-refractivity contribution in [2.75, 3.05) is 11.4 Å². The second kappa shape index (κ2) is 8.61. The van der Waals surface area contributed by atoms with E-state index in [2.05, 4.69) is 5.10 Å². The summed E-state index contributed by atoms with van der Waals surface area (Å²) in [6.45, 7) is 4.75. The fourth-order valence-corrected chi connectivity index (χ4v) is 3.72. The number of hydrogen-bond acceptors (Lipinski definition) is 4. The van der Waals surface area contributed by atoms with E-state index >= 15 is 0 Å². The molecule has 0 saturated heterocycles. The topological polar surface area (TPSA) is 62.2 Å². The predicted octanol–water partition coefficient (Wildman–Crippen LogP) is 4.87. The molecule has 0 radical (unpaired) electrons. The van der Waals surface area contributed by atoms with Crippen molar-refractivity contribution in [3.05, 3.63) is 62.6 Å². The van der Waals surface area contributed by atoms with Gasteiger partial charge in [-0.3, -0.25) is 9.59 Å². The van der Waals surface area contributed by atoms with Crippen LogP contribution in [0, 0.1) is 6.92 Å². The number of aryl methyl sites for hydroxylation is 1. The van der Waals surface area contributed by atoms with Gasteiger partial charge in [-0.25, -0.2) is 0 Å². The molecule has 0 bridgehead atoms. The Kier molecular flexibility index (Phi) is 6.36. The summed E-state index contributed by atoms with van der Waals surface area (Å²) in [5.41, 5.74) is 2.00. The number of anilines is 1. The van der Waals surface area contributed by atoms with Crippen molar-refractivity contribution in [1.29, 1.82) is 0 Å². The van der Waals surface area contributed by atoms with Gasteiger partial charge >= 0.3 is 0 Å². The number of nitrogens with zero attached hydrogens (tertiary/aromatic N) is 3. The van der Waals surface area contributed by atoms with Crippen LogP contribution in [-0.2, 0) is 14.3 Å². The van der Waals surface area contributed by atoms with Crippen LogP contribution in [0.25, 0.3) is 0 Å². The molecule has 0 saturated carbocycles. The molecule has 0 aliphatic carbocycles. The van der Waals surface area contributed by atoms with Crippen LogP contribution < -0.4 is 4.90 Å². The monoisotopic (exact) mass is 453 g/mol. The maximum absolute atomic E-state index is 12.3. The van der Waals surface area contributed by atoms with Crippen LogP contribution in [0.3, 0.4) is 0 Å². The van der Waals surface area contributed by atoms with E-state index in [0.717, 1.165) is 5.56 Å². The number of halogens is 3. The number of rotatable bonds is 4.